The van der Waals surface area contributed by atoms with Crippen LogP contribution in [0.4, 0.5) is 19.1 Å². The Hall–Kier alpha value is -4.09. The monoisotopic (exact) mass is 449 g/mol. The molecule has 3 N–H and O–H groups in total. The van der Waals surface area contributed by atoms with Crippen LogP contribution in [-0.2, 0) is 9.59 Å². The molecule has 1 aromatic heterocycles. The van der Waals surface area contributed by atoms with Gasteiger partial charge in [-0.15, -0.1) is 13.2 Å². The largest absolute Gasteiger partial charge is 0.573 e. The zero-order valence-electron chi connectivity index (χ0n) is 16.7. The SMILES string of the molecule is CN(CC(=O)Nc1nc2ccc(OC(F)(F)F)cc2[nH]1)C(=O)CNC(=O)c1ccccc1. The van der Waals surface area contributed by atoms with Crippen LogP contribution in [0.1, 0.15) is 10.4 Å². The molecule has 32 heavy (non-hydrogen) atoms. The molecule has 0 saturated carbocycles. The number of halogens is 3. The third kappa shape index (κ3) is 6.20. The van der Waals surface area contributed by atoms with Gasteiger partial charge < -0.3 is 19.9 Å². The number of alkyl halides is 3. The standard InChI is InChI=1S/C20H18F3N5O4/c1-28(17(30)10-24-18(31)12-5-3-2-4-6-12)11-16(29)27-19-25-14-8-7-13(9-15(14)26-19)32-20(21,22)23/h2-9H,10-11H2,1H3,(H,24,31)(H2,25,26,27,29). The van der Waals surface area contributed by atoms with Crippen LogP contribution in [0.25, 0.3) is 11.0 Å². The smallest absolute Gasteiger partial charge is 0.406 e. The van der Waals surface area contributed by atoms with E-state index in [0.29, 0.717) is 11.1 Å². The first kappa shape index (κ1) is 22.6. The Morgan fingerprint density at radius 1 is 1.12 bits per heavy atom. The van der Waals surface area contributed by atoms with E-state index in [0.717, 1.165) is 17.0 Å². The summed E-state index contributed by atoms with van der Waals surface area (Å²) >= 11 is 0. The lowest BCUT2D eigenvalue weighted by molar-refractivity contribution is -0.274. The molecule has 0 atom stereocenters. The maximum Gasteiger partial charge on any atom is 0.573 e. The fourth-order valence-electron chi connectivity index (χ4n) is 2.70. The van der Waals surface area contributed by atoms with E-state index in [1.807, 2.05) is 0 Å². The Kier molecular flexibility index (Phi) is 6.61. The van der Waals surface area contributed by atoms with Crippen LogP contribution < -0.4 is 15.4 Å². The average Bonchev–Trinajstić information content (AvgIpc) is 3.12. The number of carbonyl (C=O) groups excluding carboxylic acids is 3. The molecule has 0 saturated heterocycles. The molecule has 3 amide bonds. The second-order valence-corrected chi connectivity index (χ2v) is 6.66. The summed E-state index contributed by atoms with van der Waals surface area (Å²) in [5.41, 5.74) is 0.923. The number of H-pyrrole nitrogens is 1. The van der Waals surface area contributed by atoms with Crippen molar-refractivity contribution < 1.29 is 32.3 Å². The number of ether oxygens (including phenoxy) is 1. The Labute approximate surface area is 179 Å². The van der Waals surface area contributed by atoms with Gasteiger partial charge in [-0.1, -0.05) is 18.2 Å². The van der Waals surface area contributed by atoms with Crippen molar-refractivity contribution >= 4 is 34.7 Å². The molecule has 3 rings (SSSR count). The van der Waals surface area contributed by atoms with Gasteiger partial charge in [-0.2, -0.15) is 0 Å². The number of aromatic amines is 1. The number of benzene rings is 2. The molecule has 0 unspecified atom stereocenters. The van der Waals surface area contributed by atoms with E-state index in [4.69, 9.17) is 0 Å². The normalized spacial score (nSPS) is 11.1. The predicted octanol–water partition coefficient (Wildman–Crippen LogP) is 2.29. The van der Waals surface area contributed by atoms with Gasteiger partial charge in [0.1, 0.15) is 5.75 Å². The molecule has 1 heterocycles. The Balaban J connectivity index is 1.52. The lowest BCUT2D eigenvalue weighted by Gasteiger charge is -2.16. The molecular weight excluding hydrogens is 431 g/mol. The molecule has 0 aliphatic rings. The quantitative estimate of drug-likeness (QED) is 0.512. The maximum absolute atomic E-state index is 12.3. The second-order valence-electron chi connectivity index (χ2n) is 6.66. The lowest BCUT2D eigenvalue weighted by atomic mass is 10.2. The number of fused-ring (bicyclic) bond motifs is 1. The van der Waals surface area contributed by atoms with Crippen LogP contribution in [0.2, 0.25) is 0 Å². The summed E-state index contributed by atoms with van der Waals surface area (Å²) in [6, 6.07) is 11.8. The van der Waals surface area contributed by atoms with Gasteiger partial charge in [0.05, 0.1) is 24.1 Å². The molecule has 2 aromatic carbocycles. The lowest BCUT2D eigenvalue weighted by Crippen LogP contribution is -2.41. The second kappa shape index (κ2) is 9.37. The van der Waals surface area contributed by atoms with Crippen LogP contribution >= 0.6 is 0 Å². The fraction of sp³-hybridized carbons (Fsp3) is 0.200. The molecule has 0 spiro atoms. The maximum atomic E-state index is 12.3. The minimum absolute atomic E-state index is 0.00705. The van der Waals surface area contributed by atoms with E-state index in [2.05, 4.69) is 25.3 Å². The van der Waals surface area contributed by atoms with Crippen molar-refractivity contribution in [3.8, 4) is 5.75 Å². The average molecular weight is 449 g/mol. The topological polar surface area (TPSA) is 116 Å². The Morgan fingerprint density at radius 2 is 1.84 bits per heavy atom. The van der Waals surface area contributed by atoms with Gasteiger partial charge in [-0.25, -0.2) is 4.98 Å². The van der Waals surface area contributed by atoms with Crippen molar-refractivity contribution in [3.63, 3.8) is 0 Å². The van der Waals surface area contributed by atoms with Crippen LogP contribution in [-0.4, -0.2) is 59.1 Å². The molecule has 3 aromatic rings. The zero-order chi connectivity index (χ0) is 23.3. The molecule has 0 fully saturated rings. The third-order valence-corrected chi connectivity index (χ3v) is 4.19. The third-order valence-electron chi connectivity index (χ3n) is 4.19. The molecule has 0 aliphatic heterocycles. The first-order valence-corrected chi connectivity index (χ1v) is 9.23. The fourth-order valence-corrected chi connectivity index (χ4v) is 2.70. The number of aromatic nitrogens is 2. The number of carbonyl (C=O) groups is 3. The van der Waals surface area contributed by atoms with Crippen LogP contribution in [0.15, 0.2) is 48.5 Å². The van der Waals surface area contributed by atoms with Gasteiger partial charge in [0.25, 0.3) is 5.91 Å². The zero-order valence-corrected chi connectivity index (χ0v) is 16.7. The molecular formula is C20H18F3N5O4. The molecule has 0 bridgehead atoms. The van der Waals surface area contributed by atoms with E-state index in [1.54, 1.807) is 30.3 Å². The van der Waals surface area contributed by atoms with Gasteiger partial charge >= 0.3 is 6.36 Å². The highest BCUT2D eigenvalue weighted by Crippen LogP contribution is 2.26. The Bertz CT molecular complexity index is 1130. The summed E-state index contributed by atoms with van der Waals surface area (Å²) in [6.45, 7) is -0.635. The number of rotatable bonds is 7. The number of imidazole rings is 1. The van der Waals surface area contributed by atoms with E-state index in [9.17, 15) is 27.6 Å². The number of hydrogen-bond acceptors (Lipinski definition) is 5. The summed E-state index contributed by atoms with van der Waals surface area (Å²) in [5, 5.41) is 4.90. The van der Waals surface area contributed by atoms with Crippen molar-refractivity contribution in [2.45, 2.75) is 6.36 Å². The minimum atomic E-state index is -4.83. The number of hydrogen-bond donors (Lipinski definition) is 3. The van der Waals surface area contributed by atoms with Crippen LogP contribution in [0.5, 0.6) is 5.75 Å². The molecule has 12 heteroatoms. The summed E-state index contributed by atoms with van der Waals surface area (Å²) in [4.78, 5) is 44.2. The number of nitrogens with one attached hydrogen (secondary N) is 3. The highest BCUT2D eigenvalue weighted by atomic mass is 19.4. The highest BCUT2D eigenvalue weighted by molar-refractivity contribution is 5.98. The van der Waals surface area contributed by atoms with E-state index in [1.165, 1.54) is 13.1 Å². The van der Waals surface area contributed by atoms with Crippen molar-refractivity contribution in [1.29, 1.82) is 0 Å². The first-order chi connectivity index (χ1) is 15.1. The number of amides is 3. The summed E-state index contributed by atoms with van der Waals surface area (Å²) in [5.74, 6) is -1.96. The van der Waals surface area contributed by atoms with E-state index < -0.39 is 29.8 Å². The van der Waals surface area contributed by atoms with Gasteiger partial charge in [0, 0.05) is 18.7 Å². The Morgan fingerprint density at radius 3 is 2.53 bits per heavy atom. The van der Waals surface area contributed by atoms with Gasteiger partial charge in [0.15, 0.2) is 0 Å². The van der Waals surface area contributed by atoms with Gasteiger partial charge in [-0.05, 0) is 24.3 Å². The molecule has 0 radical (unpaired) electrons. The van der Waals surface area contributed by atoms with Crippen molar-refractivity contribution in [2.75, 3.05) is 25.5 Å². The van der Waals surface area contributed by atoms with Crippen LogP contribution in [0, 0.1) is 0 Å². The summed E-state index contributed by atoms with van der Waals surface area (Å²) in [6.07, 6.45) is -4.83. The predicted molar refractivity (Wildman–Crippen MR) is 108 cm³/mol. The number of anilines is 1. The van der Waals surface area contributed by atoms with Crippen molar-refractivity contribution in [2.24, 2.45) is 0 Å². The van der Waals surface area contributed by atoms with Crippen molar-refractivity contribution in [3.05, 3.63) is 54.1 Å². The minimum Gasteiger partial charge on any atom is -0.406 e. The van der Waals surface area contributed by atoms with E-state index in [-0.39, 0.29) is 24.6 Å². The van der Waals surface area contributed by atoms with Crippen molar-refractivity contribution in [1.82, 2.24) is 20.2 Å². The molecule has 0 aliphatic carbocycles. The van der Waals surface area contributed by atoms with Gasteiger partial charge in [-0.3, -0.25) is 19.7 Å². The highest BCUT2D eigenvalue weighted by Gasteiger charge is 2.31. The molecule has 9 nitrogen and oxygen atoms in total. The van der Waals surface area contributed by atoms with Gasteiger partial charge in [0.2, 0.25) is 17.8 Å². The number of likely N-dealkylation sites (N-methyl/N-ethyl adjacent to an activating group) is 1. The summed E-state index contributed by atoms with van der Waals surface area (Å²) < 4.78 is 40.8. The summed E-state index contributed by atoms with van der Waals surface area (Å²) in [7, 11) is 1.38. The number of nitrogens with zero attached hydrogens (tertiary/aromatic N) is 2. The van der Waals surface area contributed by atoms with Crippen LogP contribution in [0.3, 0.4) is 0 Å². The molecule has 168 valence electrons. The van der Waals surface area contributed by atoms with E-state index >= 15 is 0 Å². The first-order valence-electron chi connectivity index (χ1n) is 9.23.